The molecule has 0 fully saturated rings. The highest BCUT2D eigenvalue weighted by Crippen LogP contribution is 2.37. The first kappa shape index (κ1) is 20.2. The number of thiophene rings is 1. The zero-order valence-electron chi connectivity index (χ0n) is 16.9. The normalized spacial score (nSPS) is 12.8. The van der Waals surface area contributed by atoms with Crippen LogP contribution in [-0.2, 0) is 17.6 Å². The molecule has 2 aromatic heterocycles. The quantitative estimate of drug-likeness (QED) is 0.599. The number of nitrogens with zero attached hydrogens (tertiary/aromatic N) is 1. The number of carbonyl (C=O) groups is 2. The Morgan fingerprint density at radius 1 is 1.10 bits per heavy atom. The number of nitrogens with one attached hydrogen (secondary N) is 2. The number of anilines is 1. The highest BCUT2D eigenvalue weighted by molar-refractivity contribution is 7.15. The van der Waals surface area contributed by atoms with Gasteiger partial charge in [0, 0.05) is 29.5 Å². The molecule has 0 saturated carbocycles. The third-order valence-corrected chi connectivity index (χ3v) is 6.38. The zero-order chi connectivity index (χ0) is 20.9. The van der Waals surface area contributed by atoms with Crippen LogP contribution in [0.2, 0.25) is 0 Å². The van der Waals surface area contributed by atoms with Crippen molar-refractivity contribution in [2.24, 2.45) is 0 Å². The molecule has 1 aliphatic carbocycles. The number of amides is 2. The van der Waals surface area contributed by atoms with Crippen LogP contribution in [0.25, 0.3) is 5.00 Å². The molecular formula is C23H25N3O3S. The first-order chi connectivity index (χ1) is 14.7. The maximum Gasteiger partial charge on any atom is 0.258 e. The van der Waals surface area contributed by atoms with E-state index in [1.807, 2.05) is 36.0 Å². The Bertz CT molecular complexity index is 1020. The van der Waals surface area contributed by atoms with Crippen molar-refractivity contribution in [2.45, 2.75) is 32.6 Å². The average Bonchev–Trinajstić information content (AvgIpc) is 3.41. The number of benzene rings is 1. The third-order valence-electron chi connectivity index (χ3n) is 5.07. The summed E-state index contributed by atoms with van der Waals surface area (Å²) in [7, 11) is 0. The average molecular weight is 424 g/mol. The van der Waals surface area contributed by atoms with Crippen molar-refractivity contribution < 1.29 is 14.3 Å². The molecule has 0 atom stereocenters. The minimum absolute atomic E-state index is 0.0270. The lowest BCUT2D eigenvalue weighted by Crippen LogP contribution is -2.28. The van der Waals surface area contributed by atoms with Crippen LogP contribution in [0.3, 0.4) is 0 Å². The van der Waals surface area contributed by atoms with Gasteiger partial charge in [0.2, 0.25) is 0 Å². The molecule has 2 N–H and O–H groups in total. The molecule has 1 aliphatic rings. The highest BCUT2D eigenvalue weighted by atomic mass is 32.1. The van der Waals surface area contributed by atoms with Gasteiger partial charge in [0.1, 0.15) is 10.8 Å². The van der Waals surface area contributed by atoms with Crippen LogP contribution >= 0.6 is 11.3 Å². The second kappa shape index (κ2) is 9.17. The van der Waals surface area contributed by atoms with Gasteiger partial charge in [0.05, 0.1) is 5.56 Å². The molecular weight excluding hydrogens is 398 g/mol. The SMILES string of the molecule is CCNC(=O)COc1ccc(NC(=O)c2c(-n3cccc3)sc3c2CCCC3)cc1. The summed E-state index contributed by atoms with van der Waals surface area (Å²) in [5, 5.41) is 6.70. The van der Waals surface area contributed by atoms with Gasteiger partial charge in [-0.05, 0) is 74.6 Å². The summed E-state index contributed by atoms with van der Waals surface area (Å²) in [6, 6.07) is 11.0. The smallest absolute Gasteiger partial charge is 0.258 e. The van der Waals surface area contributed by atoms with Crippen LogP contribution in [0.1, 0.15) is 40.6 Å². The van der Waals surface area contributed by atoms with Gasteiger partial charge >= 0.3 is 0 Å². The van der Waals surface area contributed by atoms with E-state index in [-0.39, 0.29) is 18.4 Å². The molecule has 1 aromatic carbocycles. The van der Waals surface area contributed by atoms with E-state index in [0.29, 0.717) is 18.0 Å². The molecule has 4 rings (SSSR count). The fourth-order valence-corrected chi connectivity index (χ4v) is 5.01. The van der Waals surface area contributed by atoms with E-state index in [4.69, 9.17) is 4.74 Å². The minimum atomic E-state index is -0.158. The van der Waals surface area contributed by atoms with Gasteiger partial charge in [-0.15, -0.1) is 11.3 Å². The van der Waals surface area contributed by atoms with E-state index in [2.05, 4.69) is 10.6 Å². The number of carbonyl (C=O) groups excluding carboxylic acids is 2. The summed E-state index contributed by atoms with van der Waals surface area (Å²) in [5.74, 6) is 0.337. The van der Waals surface area contributed by atoms with Crippen LogP contribution in [0.4, 0.5) is 5.69 Å². The second-order valence-electron chi connectivity index (χ2n) is 7.20. The van der Waals surface area contributed by atoms with Crippen molar-refractivity contribution >= 4 is 28.8 Å². The number of hydrogen-bond donors (Lipinski definition) is 2. The molecule has 0 bridgehead atoms. The molecule has 3 aromatic rings. The van der Waals surface area contributed by atoms with Gasteiger partial charge in [-0.25, -0.2) is 0 Å². The fraction of sp³-hybridized carbons (Fsp3) is 0.304. The van der Waals surface area contributed by atoms with Crippen LogP contribution in [0.15, 0.2) is 48.8 Å². The molecule has 2 amide bonds. The summed E-state index contributed by atoms with van der Waals surface area (Å²) >= 11 is 1.72. The fourth-order valence-electron chi connectivity index (χ4n) is 3.66. The largest absolute Gasteiger partial charge is 0.484 e. The zero-order valence-corrected chi connectivity index (χ0v) is 17.8. The van der Waals surface area contributed by atoms with Crippen molar-refractivity contribution in [1.82, 2.24) is 9.88 Å². The number of likely N-dealkylation sites (N-methyl/N-ethyl adjacent to an activating group) is 1. The third kappa shape index (κ3) is 4.41. The summed E-state index contributed by atoms with van der Waals surface area (Å²) in [6.45, 7) is 2.41. The summed E-state index contributed by atoms with van der Waals surface area (Å²) < 4.78 is 7.49. The topological polar surface area (TPSA) is 72.4 Å². The van der Waals surface area contributed by atoms with Gasteiger partial charge in [0.25, 0.3) is 11.8 Å². The van der Waals surface area contributed by atoms with Gasteiger partial charge in [-0.1, -0.05) is 0 Å². The van der Waals surface area contributed by atoms with E-state index in [1.54, 1.807) is 35.6 Å². The predicted molar refractivity (Wildman–Crippen MR) is 119 cm³/mol. The van der Waals surface area contributed by atoms with Crippen LogP contribution < -0.4 is 15.4 Å². The van der Waals surface area contributed by atoms with E-state index < -0.39 is 0 Å². The molecule has 0 saturated heterocycles. The van der Waals surface area contributed by atoms with Gasteiger partial charge in [-0.3, -0.25) is 9.59 Å². The number of aryl methyl sites for hydroxylation is 1. The molecule has 7 heteroatoms. The second-order valence-corrected chi connectivity index (χ2v) is 8.29. The molecule has 0 aliphatic heterocycles. The Labute approximate surface area is 179 Å². The maximum absolute atomic E-state index is 13.2. The van der Waals surface area contributed by atoms with Crippen LogP contribution in [-0.4, -0.2) is 29.5 Å². The molecule has 30 heavy (non-hydrogen) atoms. The number of ether oxygens (including phenoxy) is 1. The summed E-state index contributed by atoms with van der Waals surface area (Å²) in [5.41, 5.74) is 2.66. The highest BCUT2D eigenvalue weighted by Gasteiger charge is 2.26. The van der Waals surface area contributed by atoms with Crippen LogP contribution in [0.5, 0.6) is 5.75 Å². The molecule has 0 spiro atoms. The van der Waals surface area contributed by atoms with E-state index >= 15 is 0 Å². The van der Waals surface area contributed by atoms with E-state index in [9.17, 15) is 9.59 Å². The molecule has 6 nitrogen and oxygen atoms in total. The Morgan fingerprint density at radius 2 is 1.83 bits per heavy atom. The Balaban J connectivity index is 1.50. The first-order valence-electron chi connectivity index (χ1n) is 10.2. The standard InChI is InChI=1S/C23H25N3O3S/c1-2-24-20(27)15-29-17-11-9-16(10-12-17)25-22(28)21-18-7-3-4-8-19(18)30-23(21)26-13-5-6-14-26/h5-6,9-14H,2-4,7-8,15H2,1H3,(H,24,27)(H,25,28). The Morgan fingerprint density at radius 3 is 2.57 bits per heavy atom. The number of fused-ring (bicyclic) bond motifs is 1. The Hall–Kier alpha value is -3.06. The van der Waals surface area contributed by atoms with Crippen LogP contribution in [0, 0.1) is 0 Å². The number of aromatic nitrogens is 1. The lowest BCUT2D eigenvalue weighted by atomic mass is 9.95. The van der Waals surface area contributed by atoms with Gasteiger partial charge in [-0.2, -0.15) is 0 Å². The first-order valence-corrected chi connectivity index (χ1v) is 11.1. The molecule has 0 radical (unpaired) electrons. The van der Waals surface area contributed by atoms with Crippen molar-refractivity contribution in [3.8, 4) is 10.8 Å². The summed E-state index contributed by atoms with van der Waals surface area (Å²) in [4.78, 5) is 26.1. The summed E-state index contributed by atoms with van der Waals surface area (Å²) in [6.07, 6.45) is 8.25. The van der Waals surface area contributed by atoms with Crippen molar-refractivity contribution in [3.05, 3.63) is 64.8 Å². The number of hydrogen-bond acceptors (Lipinski definition) is 4. The minimum Gasteiger partial charge on any atom is -0.484 e. The Kier molecular flexibility index (Phi) is 6.18. The van der Waals surface area contributed by atoms with Crippen molar-refractivity contribution in [2.75, 3.05) is 18.5 Å². The lowest BCUT2D eigenvalue weighted by molar-refractivity contribution is -0.122. The maximum atomic E-state index is 13.2. The molecule has 156 valence electrons. The van der Waals surface area contributed by atoms with E-state index in [1.165, 1.54) is 16.9 Å². The molecule has 0 unspecified atom stereocenters. The predicted octanol–water partition coefficient (Wildman–Crippen LogP) is 4.18. The number of rotatable bonds is 7. The van der Waals surface area contributed by atoms with Crippen molar-refractivity contribution in [3.63, 3.8) is 0 Å². The van der Waals surface area contributed by atoms with Crippen molar-refractivity contribution in [1.29, 1.82) is 0 Å². The monoisotopic (exact) mass is 423 g/mol. The van der Waals surface area contributed by atoms with Gasteiger partial charge < -0.3 is 19.9 Å². The lowest BCUT2D eigenvalue weighted by Gasteiger charge is -2.13. The molecule has 2 heterocycles. The van der Waals surface area contributed by atoms with E-state index in [0.717, 1.165) is 29.8 Å². The van der Waals surface area contributed by atoms with Gasteiger partial charge in [0.15, 0.2) is 6.61 Å².